The number of nitrogens with zero attached hydrogens (tertiary/aromatic N) is 1. The molecule has 0 atom stereocenters. The zero-order valence-corrected chi connectivity index (χ0v) is 19.6. The summed E-state index contributed by atoms with van der Waals surface area (Å²) in [5.41, 5.74) is 0.315. The molecule has 0 saturated heterocycles. The number of aliphatic imine (C=N–C) groups is 1. The summed E-state index contributed by atoms with van der Waals surface area (Å²) < 4.78 is 43.1. The van der Waals surface area contributed by atoms with Crippen molar-refractivity contribution in [3.63, 3.8) is 0 Å². The van der Waals surface area contributed by atoms with Crippen LogP contribution in [-0.4, -0.2) is 38.6 Å². The first-order valence-electron chi connectivity index (χ1n) is 9.44. The second-order valence-electron chi connectivity index (χ2n) is 6.26. The smallest absolute Gasteiger partial charge is 0.416 e. The van der Waals surface area contributed by atoms with E-state index in [-0.39, 0.29) is 36.1 Å². The Hall–Kier alpha value is -2.50. The summed E-state index contributed by atoms with van der Waals surface area (Å²) in [5, 5.41) is 8.87. The highest BCUT2D eigenvalue weighted by atomic mass is 127. The van der Waals surface area contributed by atoms with Crippen molar-refractivity contribution in [3.05, 3.63) is 65.2 Å². The number of guanidine groups is 1. The van der Waals surface area contributed by atoms with Gasteiger partial charge in [0.05, 0.1) is 19.2 Å². The van der Waals surface area contributed by atoms with Crippen LogP contribution >= 0.6 is 24.0 Å². The average molecular weight is 550 g/mol. The van der Waals surface area contributed by atoms with Crippen LogP contribution in [0, 0.1) is 0 Å². The Morgan fingerprint density at radius 2 is 1.65 bits per heavy atom. The lowest BCUT2D eigenvalue weighted by atomic mass is 10.1. The molecule has 0 aliphatic carbocycles. The molecule has 170 valence electrons. The Morgan fingerprint density at radius 1 is 1.00 bits per heavy atom. The Labute approximate surface area is 196 Å². The third-order valence-electron chi connectivity index (χ3n) is 4.12. The number of benzene rings is 2. The number of methoxy groups -OCH3 is 1. The number of amides is 1. The number of para-hydroxylation sites is 1. The minimum Gasteiger partial charge on any atom is -0.496 e. The molecule has 0 spiro atoms. The minimum absolute atomic E-state index is 0. The topological polar surface area (TPSA) is 74.8 Å². The molecule has 31 heavy (non-hydrogen) atoms. The standard InChI is InChI=1S/C21H25F3N4O2.HI/c1-3-25-20(28-14-16-6-4-5-7-18(16)30-2)27-13-12-26-19(29)15-8-10-17(11-9-15)21(22,23)24;/h4-11H,3,12-14H2,1-2H3,(H,26,29)(H2,25,27,28);1H. The molecular weight excluding hydrogens is 524 g/mol. The molecule has 2 rings (SSSR count). The van der Waals surface area contributed by atoms with E-state index in [2.05, 4.69) is 20.9 Å². The van der Waals surface area contributed by atoms with Gasteiger partial charge in [-0.3, -0.25) is 4.79 Å². The Bertz CT molecular complexity index is 858. The number of hydrogen-bond donors (Lipinski definition) is 3. The molecule has 0 aromatic heterocycles. The number of hydrogen-bond acceptors (Lipinski definition) is 3. The molecule has 0 heterocycles. The van der Waals surface area contributed by atoms with Gasteiger partial charge < -0.3 is 20.7 Å². The first-order chi connectivity index (χ1) is 14.3. The molecule has 0 fully saturated rings. The number of nitrogens with one attached hydrogen (secondary N) is 3. The van der Waals surface area contributed by atoms with E-state index in [0.29, 0.717) is 25.6 Å². The number of carbonyl (C=O) groups excluding carboxylic acids is 1. The van der Waals surface area contributed by atoms with Crippen molar-refractivity contribution in [2.75, 3.05) is 26.7 Å². The Balaban J connectivity index is 0.00000480. The molecule has 10 heteroatoms. The monoisotopic (exact) mass is 550 g/mol. The van der Waals surface area contributed by atoms with Crippen molar-refractivity contribution in [1.29, 1.82) is 0 Å². The van der Waals surface area contributed by atoms with Crippen molar-refractivity contribution in [2.45, 2.75) is 19.6 Å². The van der Waals surface area contributed by atoms with E-state index in [4.69, 9.17) is 4.74 Å². The summed E-state index contributed by atoms with van der Waals surface area (Å²) in [6, 6.07) is 11.7. The largest absolute Gasteiger partial charge is 0.496 e. The maximum absolute atomic E-state index is 12.6. The number of alkyl halides is 3. The van der Waals surface area contributed by atoms with E-state index in [0.717, 1.165) is 35.6 Å². The SMILES string of the molecule is CCNC(=NCc1ccccc1OC)NCCNC(=O)c1ccc(C(F)(F)F)cc1.I. The maximum Gasteiger partial charge on any atom is 0.416 e. The predicted molar refractivity (Wildman–Crippen MR) is 125 cm³/mol. The normalized spacial score (nSPS) is 11.3. The molecule has 0 bridgehead atoms. The van der Waals surface area contributed by atoms with Crippen LogP contribution in [0.4, 0.5) is 13.2 Å². The predicted octanol–water partition coefficient (Wildman–Crippen LogP) is 3.82. The van der Waals surface area contributed by atoms with E-state index in [1.165, 1.54) is 0 Å². The Morgan fingerprint density at radius 3 is 2.26 bits per heavy atom. The van der Waals surface area contributed by atoms with Gasteiger partial charge in [-0.25, -0.2) is 4.99 Å². The van der Waals surface area contributed by atoms with Crippen molar-refractivity contribution >= 4 is 35.8 Å². The minimum atomic E-state index is -4.43. The lowest BCUT2D eigenvalue weighted by molar-refractivity contribution is -0.137. The molecule has 0 aliphatic heterocycles. The van der Waals surface area contributed by atoms with Gasteiger partial charge in [-0.15, -0.1) is 24.0 Å². The number of ether oxygens (including phenoxy) is 1. The summed E-state index contributed by atoms with van der Waals surface area (Å²) in [6.45, 7) is 3.68. The molecule has 0 radical (unpaired) electrons. The van der Waals surface area contributed by atoms with Crippen LogP contribution in [0.2, 0.25) is 0 Å². The van der Waals surface area contributed by atoms with Gasteiger partial charge in [-0.05, 0) is 37.3 Å². The first-order valence-corrected chi connectivity index (χ1v) is 9.44. The van der Waals surface area contributed by atoms with Crippen molar-refractivity contribution in [3.8, 4) is 5.75 Å². The average Bonchev–Trinajstić information content (AvgIpc) is 2.74. The molecule has 6 nitrogen and oxygen atoms in total. The maximum atomic E-state index is 12.6. The molecule has 0 unspecified atom stereocenters. The number of carbonyl (C=O) groups is 1. The van der Waals surface area contributed by atoms with Gasteiger partial charge in [-0.1, -0.05) is 18.2 Å². The van der Waals surface area contributed by atoms with Gasteiger partial charge >= 0.3 is 6.18 Å². The van der Waals surface area contributed by atoms with Crippen LogP contribution in [0.25, 0.3) is 0 Å². The summed E-state index contributed by atoms with van der Waals surface area (Å²) in [7, 11) is 1.60. The molecule has 2 aromatic carbocycles. The van der Waals surface area contributed by atoms with Crippen molar-refractivity contribution in [1.82, 2.24) is 16.0 Å². The van der Waals surface area contributed by atoms with Gasteiger partial charge in [0.25, 0.3) is 5.91 Å². The third kappa shape index (κ3) is 8.64. The summed E-state index contributed by atoms with van der Waals surface area (Å²) in [4.78, 5) is 16.6. The zero-order valence-electron chi connectivity index (χ0n) is 17.3. The number of halogens is 4. The van der Waals surface area contributed by atoms with E-state index in [1.807, 2.05) is 31.2 Å². The van der Waals surface area contributed by atoms with Crippen LogP contribution in [0.15, 0.2) is 53.5 Å². The fourth-order valence-electron chi connectivity index (χ4n) is 2.61. The number of rotatable bonds is 8. The highest BCUT2D eigenvalue weighted by molar-refractivity contribution is 14.0. The van der Waals surface area contributed by atoms with Crippen LogP contribution in [0.1, 0.15) is 28.4 Å². The van der Waals surface area contributed by atoms with Gasteiger partial charge in [0, 0.05) is 30.8 Å². The lowest BCUT2D eigenvalue weighted by Gasteiger charge is -2.13. The van der Waals surface area contributed by atoms with Gasteiger partial charge in [0.1, 0.15) is 5.75 Å². The van der Waals surface area contributed by atoms with Gasteiger partial charge in [0.15, 0.2) is 5.96 Å². The van der Waals surface area contributed by atoms with Crippen LogP contribution in [-0.2, 0) is 12.7 Å². The third-order valence-corrected chi connectivity index (χ3v) is 4.12. The molecule has 3 N–H and O–H groups in total. The Kier molecular flexibility index (Phi) is 11.2. The quantitative estimate of drug-likeness (QED) is 0.202. The first kappa shape index (κ1) is 26.5. The zero-order chi connectivity index (χ0) is 22.0. The summed E-state index contributed by atoms with van der Waals surface area (Å²) in [5.74, 6) is 0.884. The molecule has 0 saturated carbocycles. The van der Waals surface area contributed by atoms with Crippen molar-refractivity contribution in [2.24, 2.45) is 4.99 Å². The van der Waals surface area contributed by atoms with Crippen LogP contribution < -0.4 is 20.7 Å². The fraction of sp³-hybridized carbons (Fsp3) is 0.333. The van der Waals surface area contributed by atoms with Crippen LogP contribution in [0.3, 0.4) is 0 Å². The second-order valence-corrected chi connectivity index (χ2v) is 6.26. The van der Waals surface area contributed by atoms with Crippen LogP contribution in [0.5, 0.6) is 5.75 Å². The van der Waals surface area contributed by atoms with Gasteiger partial charge in [-0.2, -0.15) is 13.2 Å². The van der Waals surface area contributed by atoms with Crippen molar-refractivity contribution < 1.29 is 22.7 Å². The highest BCUT2D eigenvalue weighted by Gasteiger charge is 2.30. The second kappa shape index (κ2) is 13.0. The van der Waals surface area contributed by atoms with Gasteiger partial charge in [0.2, 0.25) is 0 Å². The fourth-order valence-corrected chi connectivity index (χ4v) is 2.61. The van der Waals surface area contributed by atoms with E-state index >= 15 is 0 Å². The summed E-state index contributed by atoms with van der Waals surface area (Å²) >= 11 is 0. The molecule has 0 aliphatic rings. The van der Waals surface area contributed by atoms with E-state index in [9.17, 15) is 18.0 Å². The van der Waals surface area contributed by atoms with E-state index in [1.54, 1.807) is 7.11 Å². The highest BCUT2D eigenvalue weighted by Crippen LogP contribution is 2.29. The lowest BCUT2D eigenvalue weighted by Crippen LogP contribution is -2.41. The molecule has 1 amide bonds. The molecular formula is C21H26F3IN4O2. The summed E-state index contributed by atoms with van der Waals surface area (Å²) in [6.07, 6.45) is -4.43. The molecule has 2 aromatic rings. The van der Waals surface area contributed by atoms with E-state index < -0.39 is 17.6 Å².